The standard InChI is InChI=1S/C29H35NO5S/c1-21(18-29(33)34)28-15-14-26(36-28)13-12-22(2)30(17-16-23-8-6-7-11-27(23)32)19-24(31)20-35-25-9-4-3-5-10-25/h3-11,14-15,18,22,24,31-32H,12-13,16-17,19-20H2,1-2H3,(H,33,34)/b21-18+. The Bertz CT molecular complexity index is 1130. The van der Waals surface area contributed by atoms with Crippen molar-refractivity contribution in [3.8, 4) is 11.5 Å². The third-order valence-electron chi connectivity index (χ3n) is 6.11. The SMILES string of the molecule is C/C(=C\C(=O)O)c1ccc(CCC(C)N(CCc2ccccc2O)CC(O)COc2ccccc2)s1. The molecule has 192 valence electrons. The van der Waals surface area contributed by atoms with E-state index in [1.54, 1.807) is 17.4 Å². The number of phenols is 1. The maximum atomic E-state index is 11.0. The summed E-state index contributed by atoms with van der Waals surface area (Å²) in [6.07, 6.45) is 2.99. The van der Waals surface area contributed by atoms with Crippen LogP contribution in [-0.4, -0.2) is 58.0 Å². The molecule has 7 heteroatoms. The van der Waals surface area contributed by atoms with Crippen molar-refractivity contribution >= 4 is 22.9 Å². The van der Waals surface area contributed by atoms with E-state index in [0.29, 0.717) is 19.5 Å². The number of thiophene rings is 1. The molecular formula is C29H35NO5S. The molecule has 2 unspecified atom stereocenters. The van der Waals surface area contributed by atoms with Gasteiger partial charge in [-0.05, 0) is 74.6 Å². The summed E-state index contributed by atoms with van der Waals surface area (Å²) >= 11 is 1.62. The van der Waals surface area contributed by atoms with Gasteiger partial charge in [0.05, 0.1) is 0 Å². The van der Waals surface area contributed by atoms with Gasteiger partial charge in [0.1, 0.15) is 24.2 Å². The van der Waals surface area contributed by atoms with Crippen LogP contribution in [0.15, 0.2) is 72.8 Å². The second-order valence-electron chi connectivity index (χ2n) is 8.97. The Labute approximate surface area is 217 Å². The van der Waals surface area contributed by atoms with Crippen molar-refractivity contribution in [3.05, 3.63) is 88.1 Å². The Kier molecular flexibility index (Phi) is 10.5. The number of ether oxygens (including phenoxy) is 1. The molecule has 2 atom stereocenters. The summed E-state index contributed by atoms with van der Waals surface area (Å²) in [4.78, 5) is 15.4. The average molecular weight is 510 g/mol. The first-order chi connectivity index (χ1) is 17.3. The molecule has 0 aliphatic carbocycles. The predicted octanol–water partition coefficient (Wildman–Crippen LogP) is 5.25. The Balaban J connectivity index is 1.61. The highest BCUT2D eigenvalue weighted by Gasteiger charge is 2.19. The zero-order valence-corrected chi connectivity index (χ0v) is 21.7. The minimum Gasteiger partial charge on any atom is -0.508 e. The number of para-hydroxylation sites is 2. The molecule has 6 nitrogen and oxygen atoms in total. The maximum absolute atomic E-state index is 11.0. The van der Waals surface area contributed by atoms with Crippen molar-refractivity contribution in [1.82, 2.24) is 4.90 Å². The largest absolute Gasteiger partial charge is 0.508 e. The predicted molar refractivity (Wildman–Crippen MR) is 145 cm³/mol. The quantitative estimate of drug-likeness (QED) is 0.257. The number of rotatable bonds is 14. The molecule has 0 saturated heterocycles. The molecule has 1 heterocycles. The Morgan fingerprint density at radius 1 is 1.06 bits per heavy atom. The van der Waals surface area contributed by atoms with E-state index in [-0.39, 0.29) is 18.4 Å². The highest BCUT2D eigenvalue weighted by atomic mass is 32.1. The van der Waals surface area contributed by atoms with Crippen LogP contribution >= 0.6 is 11.3 Å². The van der Waals surface area contributed by atoms with Crippen molar-refractivity contribution in [3.63, 3.8) is 0 Å². The summed E-state index contributed by atoms with van der Waals surface area (Å²) in [5, 5.41) is 29.9. The minimum absolute atomic E-state index is 0.184. The molecule has 2 aromatic carbocycles. The molecule has 36 heavy (non-hydrogen) atoms. The van der Waals surface area contributed by atoms with E-state index in [1.165, 1.54) is 11.0 Å². The van der Waals surface area contributed by atoms with Gasteiger partial charge in [-0.25, -0.2) is 4.79 Å². The van der Waals surface area contributed by atoms with E-state index in [4.69, 9.17) is 9.84 Å². The highest BCUT2D eigenvalue weighted by molar-refractivity contribution is 7.13. The molecule has 3 aromatic rings. The molecule has 1 aromatic heterocycles. The van der Waals surface area contributed by atoms with Gasteiger partial charge in [-0.3, -0.25) is 4.90 Å². The molecular weight excluding hydrogens is 474 g/mol. The van der Waals surface area contributed by atoms with E-state index in [2.05, 4.69) is 17.9 Å². The number of hydrogen-bond donors (Lipinski definition) is 3. The van der Waals surface area contributed by atoms with Crippen molar-refractivity contribution in [2.45, 2.75) is 45.3 Å². The van der Waals surface area contributed by atoms with Crippen LogP contribution in [-0.2, 0) is 17.6 Å². The number of aliphatic hydroxyl groups is 1. The number of benzene rings is 2. The number of aliphatic hydroxyl groups excluding tert-OH is 1. The number of aromatic hydroxyl groups is 1. The monoisotopic (exact) mass is 509 g/mol. The van der Waals surface area contributed by atoms with Crippen LogP contribution < -0.4 is 4.74 Å². The average Bonchev–Trinajstić information content (AvgIpc) is 3.34. The molecule has 0 spiro atoms. The Morgan fingerprint density at radius 3 is 2.50 bits per heavy atom. The van der Waals surface area contributed by atoms with Crippen molar-refractivity contribution in [1.29, 1.82) is 0 Å². The third kappa shape index (κ3) is 8.82. The lowest BCUT2D eigenvalue weighted by molar-refractivity contribution is -0.131. The third-order valence-corrected chi connectivity index (χ3v) is 7.39. The fraction of sp³-hybridized carbons (Fsp3) is 0.345. The summed E-state index contributed by atoms with van der Waals surface area (Å²) in [5.74, 6) is 0.0750. The van der Waals surface area contributed by atoms with Gasteiger partial charge in [-0.15, -0.1) is 11.3 Å². The zero-order chi connectivity index (χ0) is 25.9. The lowest BCUT2D eigenvalue weighted by Crippen LogP contribution is -2.42. The number of allylic oxidation sites excluding steroid dienone is 1. The topological polar surface area (TPSA) is 90.2 Å². The van der Waals surface area contributed by atoms with Gasteiger partial charge in [0.2, 0.25) is 0 Å². The maximum Gasteiger partial charge on any atom is 0.328 e. The van der Waals surface area contributed by atoms with Crippen LogP contribution in [0, 0.1) is 0 Å². The molecule has 0 amide bonds. The number of phenolic OH excluding ortho intramolecular Hbond substituents is 1. The van der Waals surface area contributed by atoms with Gasteiger partial charge in [0.15, 0.2) is 0 Å². The number of aliphatic carboxylic acids is 1. The van der Waals surface area contributed by atoms with Gasteiger partial charge in [0, 0.05) is 35.0 Å². The minimum atomic E-state index is -0.939. The summed E-state index contributed by atoms with van der Waals surface area (Å²) in [6.45, 7) is 5.31. The molecule has 3 rings (SSSR count). The van der Waals surface area contributed by atoms with Gasteiger partial charge < -0.3 is 20.1 Å². The van der Waals surface area contributed by atoms with E-state index in [1.807, 2.05) is 61.5 Å². The van der Waals surface area contributed by atoms with Crippen LogP contribution in [0.1, 0.15) is 35.6 Å². The van der Waals surface area contributed by atoms with Crippen LogP contribution in [0.2, 0.25) is 0 Å². The number of hydrogen-bond acceptors (Lipinski definition) is 6. The second kappa shape index (κ2) is 13.8. The van der Waals surface area contributed by atoms with Crippen LogP contribution in [0.4, 0.5) is 0 Å². The first-order valence-corrected chi connectivity index (χ1v) is 13.0. The van der Waals surface area contributed by atoms with Crippen LogP contribution in [0.3, 0.4) is 0 Å². The summed E-state index contributed by atoms with van der Waals surface area (Å²) < 4.78 is 5.75. The lowest BCUT2D eigenvalue weighted by atomic mass is 10.1. The molecule has 3 N–H and O–H groups in total. The normalized spacial score (nSPS) is 13.5. The molecule has 0 fully saturated rings. The van der Waals surface area contributed by atoms with Crippen molar-refractivity contribution in [2.24, 2.45) is 0 Å². The summed E-state index contributed by atoms with van der Waals surface area (Å²) in [6, 6.07) is 21.0. The van der Waals surface area contributed by atoms with E-state index in [9.17, 15) is 15.0 Å². The molecule has 0 saturated carbocycles. The first kappa shape index (κ1) is 27.5. The van der Waals surface area contributed by atoms with E-state index >= 15 is 0 Å². The molecule has 0 bridgehead atoms. The van der Waals surface area contributed by atoms with Crippen LogP contribution in [0.5, 0.6) is 11.5 Å². The molecule has 0 aliphatic rings. The fourth-order valence-electron chi connectivity index (χ4n) is 4.02. The number of aryl methyl sites for hydroxylation is 1. The Hall–Kier alpha value is -3.13. The second-order valence-corrected chi connectivity index (χ2v) is 10.1. The summed E-state index contributed by atoms with van der Waals surface area (Å²) in [5.41, 5.74) is 1.63. The van der Waals surface area contributed by atoms with Crippen molar-refractivity contribution in [2.75, 3.05) is 19.7 Å². The van der Waals surface area contributed by atoms with Gasteiger partial charge in [0.25, 0.3) is 0 Å². The number of carboxylic acids is 1. The lowest BCUT2D eigenvalue weighted by Gasteiger charge is -2.31. The van der Waals surface area contributed by atoms with Crippen molar-refractivity contribution < 1.29 is 24.9 Å². The molecule has 0 aliphatic heterocycles. The van der Waals surface area contributed by atoms with E-state index in [0.717, 1.165) is 34.6 Å². The number of carboxylic acid groups (broad SMARTS) is 1. The van der Waals surface area contributed by atoms with Gasteiger partial charge in [-0.2, -0.15) is 0 Å². The smallest absolute Gasteiger partial charge is 0.328 e. The highest BCUT2D eigenvalue weighted by Crippen LogP contribution is 2.26. The van der Waals surface area contributed by atoms with E-state index < -0.39 is 12.1 Å². The van der Waals surface area contributed by atoms with Gasteiger partial charge in [-0.1, -0.05) is 36.4 Å². The Morgan fingerprint density at radius 2 is 1.78 bits per heavy atom. The molecule has 0 radical (unpaired) electrons. The van der Waals surface area contributed by atoms with Gasteiger partial charge >= 0.3 is 5.97 Å². The summed E-state index contributed by atoms with van der Waals surface area (Å²) in [7, 11) is 0. The number of nitrogens with zero attached hydrogens (tertiary/aromatic N) is 1. The fourth-order valence-corrected chi connectivity index (χ4v) is 5.02. The van der Waals surface area contributed by atoms with Crippen LogP contribution in [0.25, 0.3) is 5.57 Å². The first-order valence-electron chi connectivity index (χ1n) is 12.2. The number of carbonyl (C=O) groups is 1. The zero-order valence-electron chi connectivity index (χ0n) is 20.8.